The highest BCUT2D eigenvalue weighted by Crippen LogP contribution is 2.23. The van der Waals surface area contributed by atoms with E-state index in [9.17, 15) is 19.5 Å². The molecule has 1 aliphatic heterocycles. The lowest BCUT2D eigenvalue weighted by molar-refractivity contribution is -0.143. The Labute approximate surface area is 173 Å². The molecule has 166 valence electrons. The average Bonchev–Trinajstić information content (AvgIpc) is 2.98. The predicted octanol–water partition coefficient (Wildman–Crippen LogP) is 2.54. The number of likely N-dealkylation sites (tertiary alicyclic amines) is 1. The number of nitrogens with zero attached hydrogens (tertiary/aromatic N) is 1. The maximum absolute atomic E-state index is 13.2. The summed E-state index contributed by atoms with van der Waals surface area (Å²) in [4.78, 5) is 38.6. The van der Waals surface area contributed by atoms with E-state index >= 15 is 0 Å². The molecule has 0 aliphatic carbocycles. The summed E-state index contributed by atoms with van der Waals surface area (Å²) in [5, 5.41) is 12.7. The normalized spacial score (nSPS) is 20.1. The fraction of sp³-hybridized carbons (Fsp3) is 0.762. The van der Waals surface area contributed by atoms with E-state index in [0.29, 0.717) is 12.8 Å². The molecule has 8 heteroatoms. The topological polar surface area (TPSA) is 105 Å². The summed E-state index contributed by atoms with van der Waals surface area (Å²) in [6.45, 7) is 9.08. The Morgan fingerprint density at radius 2 is 1.97 bits per heavy atom. The first kappa shape index (κ1) is 24.9. The summed E-state index contributed by atoms with van der Waals surface area (Å²) < 4.78 is 10.00. The number of aliphatic hydroxyl groups is 1. The van der Waals surface area contributed by atoms with Gasteiger partial charge in [0.1, 0.15) is 11.6 Å². The number of unbranched alkanes of at least 4 members (excludes halogenated alkanes) is 3. The number of nitrogens with one attached hydrogen (secondary N) is 1. The summed E-state index contributed by atoms with van der Waals surface area (Å²) in [6.07, 6.45) is 4.77. The van der Waals surface area contributed by atoms with Gasteiger partial charge in [0, 0.05) is 12.6 Å². The highest BCUT2D eigenvalue weighted by Gasteiger charge is 2.39. The highest BCUT2D eigenvalue weighted by atomic mass is 16.6. The zero-order chi connectivity index (χ0) is 22.0. The Kier molecular flexibility index (Phi) is 10.2. The van der Waals surface area contributed by atoms with Crippen molar-refractivity contribution in [1.82, 2.24) is 10.2 Å². The van der Waals surface area contributed by atoms with Crippen LogP contribution in [0.3, 0.4) is 0 Å². The van der Waals surface area contributed by atoms with Gasteiger partial charge in [-0.2, -0.15) is 0 Å². The van der Waals surface area contributed by atoms with Gasteiger partial charge in [-0.15, -0.1) is 6.58 Å². The molecule has 1 aliphatic rings. The molecule has 0 radical (unpaired) electrons. The number of carbonyl (C=O) groups is 3. The Bertz CT molecular complexity index is 572. The van der Waals surface area contributed by atoms with E-state index in [1.807, 2.05) is 6.08 Å². The fourth-order valence-corrected chi connectivity index (χ4v) is 3.35. The Morgan fingerprint density at radius 3 is 2.55 bits per heavy atom. The second-order valence-corrected chi connectivity index (χ2v) is 8.44. The number of hydrogen-bond donors (Lipinski definition) is 2. The molecular formula is C21H36N2O6. The van der Waals surface area contributed by atoms with Crippen molar-refractivity contribution in [3.05, 3.63) is 12.7 Å². The molecule has 0 aromatic rings. The molecule has 2 amide bonds. The van der Waals surface area contributed by atoms with Gasteiger partial charge in [0.15, 0.2) is 0 Å². The summed E-state index contributed by atoms with van der Waals surface area (Å²) in [5.41, 5.74) is -0.682. The van der Waals surface area contributed by atoms with Crippen molar-refractivity contribution in [3.63, 3.8) is 0 Å². The van der Waals surface area contributed by atoms with Crippen LogP contribution >= 0.6 is 0 Å². The number of methoxy groups -OCH3 is 1. The minimum Gasteiger partial charge on any atom is -0.469 e. The van der Waals surface area contributed by atoms with Gasteiger partial charge in [-0.3, -0.25) is 9.59 Å². The van der Waals surface area contributed by atoms with Crippen LogP contribution in [0.15, 0.2) is 12.7 Å². The van der Waals surface area contributed by atoms with Crippen molar-refractivity contribution in [2.24, 2.45) is 0 Å². The van der Waals surface area contributed by atoms with Gasteiger partial charge >= 0.3 is 12.1 Å². The maximum atomic E-state index is 13.2. The molecule has 29 heavy (non-hydrogen) atoms. The average molecular weight is 413 g/mol. The third-order valence-electron chi connectivity index (χ3n) is 4.70. The second kappa shape index (κ2) is 11.8. The molecule has 3 atom stereocenters. The van der Waals surface area contributed by atoms with Crippen LogP contribution in [0.2, 0.25) is 0 Å². The van der Waals surface area contributed by atoms with E-state index < -0.39 is 35.9 Å². The first-order valence-corrected chi connectivity index (χ1v) is 10.2. The summed E-state index contributed by atoms with van der Waals surface area (Å²) in [6, 6.07) is -1.23. The van der Waals surface area contributed by atoms with Crippen molar-refractivity contribution in [3.8, 4) is 0 Å². The van der Waals surface area contributed by atoms with Crippen molar-refractivity contribution < 1.29 is 29.0 Å². The third kappa shape index (κ3) is 9.30. The minimum atomic E-state index is -0.779. The van der Waals surface area contributed by atoms with Gasteiger partial charge in [-0.1, -0.05) is 18.9 Å². The number of esters is 1. The SMILES string of the molecule is C=CCCCCC[C@H](NC(=O)OC(C)(C)C)C(=O)N1C[C@@H](O)CC1CC(=O)OC. The smallest absolute Gasteiger partial charge is 0.408 e. The molecule has 1 unspecified atom stereocenters. The monoisotopic (exact) mass is 412 g/mol. The lowest BCUT2D eigenvalue weighted by Gasteiger charge is -2.29. The molecule has 1 saturated heterocycles. The molecule has 1 heterocycles. The van der Waals surface area contributed by atoms with E-state index in [0.717, 1.165) is 25.7 Å². The molecule has 2 N–H and O–H groups in total. The standard InChI is InChI=1S/C21H36N2O6/c1-6-7-8-9-10-11-17(22-20(27)29-21(2,3)4)19(26)23-14-16(24)12-15(23)13-18(25)28-5/h6,15-17,24H,1,7-14H2,2-5H3,(H,22,27)/t15?,16-,17-/m0/s1. The number of hydrogen-bond acceptors (Lipinski definition) is 6. The Hall–Kier alpha value is -2.09. The number of amides is 2. The molecule has 1 rings (SSSR count). The highest BCUT2D eigenvalue weighted by molar-refractivity contribution is 5.86. The summed E-state index contributed by atoms with van der Waals surface area (Å²) in [5.74, 6) is -0.756. The van der Waals surface area contributed by atoms with Gasteiger partial charge in [-0.25, -0.2) is 4.79 Å². The number of ether oxygens (including phenoxy) is 2. The minimum absolute atomic E-state index is 0.0117. The largest absolute Gasteiger partial charge is 0.469 e. The number of β-amino-alcohol motifs (C(OH)–C–C–N with tert-alkyl or cyclic N) is 1. The van der Waals surface area contributed by atoms with Crippen molar-refractivity contribution in [1.29, 1.82) is 0 Å². The quantitative estimate of drug-likeness (QED) is 0.325. The van der Waals surface area contributed by atoms with Crippen molar-refractivity contribution >= 4 is 18.0 Å². The van der Waals surface area contributed by atoms with Gasteiger partial charge in [0.05, 0.1) is 19.6 Å². The summed E-state index contributed by atoms with van der Waals surface area (Å²) >= 11 is 0. The Balaban J connectivity index is 2.84. The predicted molar refractivity (Wildman–Crippen MR) is 109 cm³/mol. The van der Waals surface area contributed by atoms with E-state index in [4.69, 9.17) is 9.47 Å². The van der Waals surface area contributed by atoms with Gasteiger partial charge in [0.25, 0.3) is 0 Å². The lowest BCUT2D eigenvalue weighted by atomic mass is 10.0. The van der Waals surface area contributed by atoms with Crippen LogP contribution in [0.4, 0.5) is 4.79 Å². The number of rotatable bonds is 10. The zero-order valence-corrected chi connectivity index (χ0v) is 18.1. The summed E-state index contributed by atoms with van der Waals surface area (Å²) in [7, 11) is 1.29. The number of aliphatic hydroxyl groups excluding tert-OH is 1. The van der Waals surface area contributed by atoms with Crippen LogP contribution < -0.4 is 5.32 Å². The second-order valence-electron chi connectivity index (χ2n) is 8.44. The number of alkyl carbamates (subject to hydrolysis) is 1. The molecule has 0 spiro atoms. The van der Waals surface area contributed by atoms with Gasteiger partial charge < -0.3 is 24.8 Å². The van der Waals surface area contributed by atoms with Crippen molar-refractivity contribution in [2.45, 2.75) is 89.5 Å². The van der Waals surface area contributed by atoms with Gasteiger partial charge in [-0.05, 0) is 46.5 Å². The molecule has 0 aromatic carbocycles. The van der Waals surface area contributed by atoms with Crippen LogP contribution in [0, 0.1) is 0 Å². The first-order chi connectivity index (χ1) is 13.6. The molecule has 0 bridgehead atoms. The zero-order valence-electron chi connectivity index (χ0n) is 18.1. The van der Waals surface area contributed by atoms with E-state index in [1.54, 1.807) is 20.8 Å². The van der Waals surface area contributed by atoms with E-state index in [1.165, 1.54) is 12.0 Å². The van der Waals surface area contributed by atoms with Gasteiger partial charge in [0.2, 0.25) is 5.91 Å². The van der Waals surface area contributed by atoms with Crippen LogP contribution in [0.25, 0.3) is 0 Å². The lowest BCUT2D eigenvalue weighted by Crippen LogP contribution is -2.51. The molecule has 0 saturated carbocycles. The number of carbonyl (C=O) groups excluding carboxylic acids is 3. The van der Waals surface area contributed by atoms with Crippen LogP contribution in [0.5, 0.6) is 0 Å². The van der Waals surface area contributed by atoms with Crippen LogP contribution in [-0.4, -0.2) is 65.4 Å². The third-order valence-corrected chi connectivity index (χ3v) is 4.70. The Morgan fingerprint density at radius 1 is 1.28 bits per heavy atom. The molecule has 1 fully saturated rings. The van der Waals surface area contributed by atoms with E-state index in [-0.39, 0.29) is 18.9 Å². The van der Waals surface area contributed by atoms with Crippen molar-refractivity contribution in [2.75, 3.05) is 13.7 Å². The maximum Gasteiger partial charge on any atom is 0.408 e. The number of allylic oxidation sites excluding steroid dienone is 1. The van der Waals surface area contributed by atoms with Crippen LogP contribution in [-0.2, 0) is 19.1 Å². The van der Waals surface area contributed by atoms with E-state index in [2.05, 4.69) is 11.9 Å². The molecule has 0 aromatic heterocycles. The molecule has 8 nitrogen and oxygen atoms in total. The first-order valence-electron chi connectivity index (χ1n) is 10.2. The van der Waals surface area contributed by atoms with Crippen LogP contribution in [0.1, 0.15) is 65.7 Å². The molecular weight excluding hydrogens is 376 g/mol. The fourth-order valence-electron chi connectivity index (χ4n) is 3.35.